The molecule has 1 fully saturated rings. The molecule has 3 rings (SSSR count). The molecule has 23 heavy (non-hydrogen) atoms. The van der Waals surface area contributed by atoms with Crippen LogP contribution in [0.15, 0.2) is 24.4 Å². The van der Waals surface area contributed by atoms with Crippen LogP contribution in [0.25, 0.3) is 5.65 Å². The quantitative estimate of drug-likeness (QED) is 0.885. The Morgan fingerprint density at radius 3 is 2.96 bits per heavy atom. The maximum absolute atomic E-state index is 12.2. The third-order valence-electron chi connectivity index (χ3n) is 4.85. The topological polar surface area (TPSA) is 59.3 Å². The number of aromatic nitrogens is 3. The van der Waals surface area contributed by atoms with Gasteiger partial charge in [0, 0.05) is 12.6 Å². The van der Waals surface area contributed by atoms with Gasteiger partial charge in [0.1, 0.15) is 0 Å². The highest BCUT2D eigenvalue weighted by Gasteiger charge is 2.17. The molecule has 2 aromatic rings. The van der Waals surface area contributed by atoms with E-state index in [2.05, 4.69) is 15.5 Å². The number of nitrogens with one attached hydrogen (secondary N) is 1. The van der Waals surface area contributed by atoms with E-state index in [4.69, 9.17) is 0 Å². The Kier molecular flexibility index (Phi) is 5.26. The molecule has 5 heteroatoms. The van der Waals surface area contributed by atoms with Crippen molar-refractivity contribution in [3.63, 3.8) is 0 Å². The zero-order chi connectivity index (χ0) is 16.1. The highest BCUT2D eigenvalue weighted by atomic mass is 16.1. The summed E-state index contributed by atoms with van der Waals surface area (Å²) in [6, 6.07) is 5.66. The molecule has 1 amide bonds. The third kappa shape index (κ3) is 4.09. The van der Waals surface area contributed by atoms with E-state index >= 15 is 0 Å². The molecule has 0 spiro atoms. The van der Waals surface area contributed by atoms with Crippen molar-refractivity contribution in [3.05, 3.63) is 30.2 Å². The minimum absolute atomic E-state index is 0.112. The molecule has 1 aliphatic rings. The Balaban J connectivity index is 1.47. The molecular formula is C18H26N4O. The summed E-state index contributed by atoms with van der Waals surface area (Å²) in [4.78, 5) is 12.2. The Hall–Kier alpha value is -1.91. The summed E-state index contributed by atoms with van der Waals surface area (Å²) >= 11 is 0. The first-order chi connectivity index (χ1) is 11.2. The van der Waals surface area contributed by atoms with E-state index in [0.717, 1.165) is 23.8 Å². The van der Waals surface area contributed by atoms with Crippen molar-refractivity contribution < 1.29 is 4.79 Å². The van der Waals surface area contributed by atoms with Gasteiger partial charge in [0.15, 0.2) is 11.5 Å². The molecule has 2 aromatic heterocycles. The van der Waals surface area contributed by atoms with Crippen LogP contribution < -0.4 is 5.32 Å². The lowest BCUT2D eigenvalue weighted by atomic mass is 9.86. The van der Waals surface area contributed by atoms with Crippen LogP contribution >= 0.6 is 0 Å². The number of carbonyl (C=O) groups is 1. The van der Waals surface area contributed by atoms with Gasteiger partial charge in [-0.25, -0.2) is 0 Å². The fourth-order valence-corrected chi connectivity index (χ4v) is 3.56. The molecule has 0 bridgehead atoms. The van der Waals surface area contributed by atoms with Crippen molar-refractivity contribution in [3.8, 4) is 0 Å². The SMILES string of the molecule is CC(NC(=O)CCCC1CCCCC1)c1nnc2ccccn12. The Morgan fingerprint density at radius 1 is 1.30 bits per heavy atom. The monoisotopic (exact) mass is 314 g/mol. The molecule has 0 aliphatic heterocycles. The number of hydrogen-bond donors (Lipinski definition) is 1. The fraction of sp³-hybridized carbons (Fsp3) is 0.611. The standard InChI is InChI=1S/C18H26N4O/c1-14(18-21-20-16-11-5-6-13-22(16)18)19-17(23)12-7-10-15-8-3-2-4-9-15/h5-6,11,13-15H,2-4,7-10,12H2,1H3,(H,19,23). The fourth-order valence-electron chi connectivity index (χ4n) is 3.56. The van der Waals surface area contributed by atoms with Gasteiger partial charge in [0.2, 0.25) is 5.91 Å². The summed E-state index contributed by atoms with van der Waals surface area (Å²) in [5.74, 6) is 1.73. The van der Waals surface area contributed by atoms with Crippen LogP contribution in [0.1, 0.15) is 70.2 Å². The van der Waals surface area contributed by atoms with Gasteiger partial charge >= 0.3 is 0 Å². The lowest BCUT2D eigenvalue weighted by Gasteiger charge is -2.21. The first kappa shape index (κ1) is 16.0. The molecule has 1 N–H and O–H groups in total. The van der Waals surface area contributed by atoms with E-state index in [0.29, 0.717) is 6.42 Å². The molecule has 0 aromatic carbocycles. The predicted molar refractivity (Wildman–Crippen MR) is 90.0 cm³/mol. The number of rotatable bonds is 6. The van der Waals surface area contributed by atoms with Gasteiger partial charge in [-0.15, -0.1) is 10.2 Å². The predicted octanol–water partition coefficient (Wildman–Crippen LogP) is 3.66. The summed E-state index contributed by atoms with van der Waals surface area (Å²) < 4.78 is 1.92. The number of pyridine rings is 1. The molecule has 2 heterocycles. The summed E-state index contributed by atoms with van der Waals surface area (Å²) in [6.07, 6.45) is 11.5. The van der Waals surface area contributed by atoms with Gasteiger partial charge < -0.3 is 5.32 Å². The van der Waals surface area contributed by atoms with Gasteiger partial charge in [-0.05, 0) is 37.8 Å². The van der Waals surface area contributed by atoms with Crippen molar-refractivity contribution in [2.45, 2.75) is 64.3 Å². The van der Waals surface area contributed by atoms with Crippen LogP contribution in [-0.2, 0) is 4.79 Å². The van der Waals surface area contributed by atoms with Gasteiger partial charge in [-0.1, -0.05) is 38.2 Å². The summed E-state index contributed by atoms with van der Waals surface area (Å²) in [7, 11) is 0. The Labute approximate surface area is 137 Å². The van der Waals surface area contributed by atoms with Crippen LogP contribution in [0.2, 0.25) is 0 Å². The number of carbonyl (C=O) groups excluding carboxylic acids is 1. The third-order valence-corrected chi connectivity index (χ3v) is 4.85. The number of hydrogen-bond acceptors (Lipinski definition) is 3. The summed E-state index contributed by atoms with van der Waals surface area (Å²) in [5.41, 5.74) is 0.806. The van der Waals surface area contributed by atoms with Gasteiger partial charge in [0.05, 0.1) is 6.04 Å². The second kappa shape index (κ2) is 7.57. The Bertz CT molecular complexity index is 645. The van der Waals surface area contributed by atoms with E-state index in [-0.39, 0.29) is 11.9 Å². The maximum Gasteiger partial charge on any atom is 0.220 e. The van der Waals surface area contributed by atoms with Gasteiger partial charge in [0.25, 0.3) is 0 Å². The first-order valence-corrected chi connectivity index (χ1v) is 8.83. The van der Waals surface area contributed by atoms with Crippen molar-refractivity contribution in [2.24, 2.45) is 5.92 Å². The van der Waals surface area contributed by atoms with Crippen molar-refractivity contribution in [2.75, 3.05) is 0 Å². The average molecular weight is 314 g/mol. The van der Waals surface area contributed by atoms with Crippen molar-refractivity contribution in [1.82, 2.24) is 19.9 Å². The second-order valence-corrected chi connectivity index (χ2v) is 6.67. The lowest BCUT2D eigenvalue weighted by Crippen LogP contribution is -2.27. The second-order valence-electron chi connectivity index (χ2n) is 6.67. The van der Waals surface area contributed by atoms with Crippen molar-refractivity contribution in [1.29, 1.82) is 0 Å². The zero-order valence-electron chi connectivity index (χ0n) is 13.9. The Morgan fingerprint density at radius 2 is 2.13 bits per heavy atom. The van der Waals surface area contributed by atoms with Gasteiger partial charge in [-0.2, -0.15) is 0 Å². The highest BCUT2D eigenvalue weighted by Crippen LogP contribution is 2.27. The summed E-state index contributed by atoms with van der Waals surface area (Å²) in [6.45, 7) is 1.96. The number of amides is 1. The molecule has 1 atom stereocenters. The lowest BCUT2D eigenvalue weighted by molar-refractivity contribution is -0.121. The van der Waals surface area contributed by atoms with Crippen LogP contribution in [0, 0.1) is 5.92 Å². The molecule has 124 valence electrons. The number of fused-ring (bicyclic) bond motifs is 1. The molecule has 1 unspecified atom stereocenters. The van der Waals surface area contributed by atoms with E-state index < -0.39 is 0 Å². The van der Waals surface area contributed by atoms with Crippen LogP contribution in [0.3, 0.4) is 0 Å². The molecule has 1 saturated carbocycles. The van der Waals surface area contributed by atoms with Crippen LogP contribution in [-0.4, -0.2) is 20.5 Å². The van der Waals surface area contributed by atoms with E-state index in [1.807, 2.05) is 35.7 Å². The van der Waals surface area contributed by atoms with Crippen LogP contribution in [0.5, 0.6) is 0 Å². The van der Waals surface area contributed by atoms with Crippen molar-refractivity contribution >= 4 is 11.6 Å². The minimum atomic E-state index is -0.130. The molecule has 0 saturated heterocycles. The molecule has 5 nitrogen and oxygen atoms in total. The largest absolute Gasteiger partial charge is 0.346 e. The number of nitrogens with zero attached hydrogens (tertiary/aromatic N) is 3. The maximum atomic E-state index is 12.2. The summed E-state index contributed by atoms with van der Waals surface area (Å²) in [5, 5.41) is 11.4. The van der Waals surface area contributed by atoms with Gasteiger partial charge in [-0.3, -0.25) is 9.20 Å². The normalized spacial score (nSPS) is 17.3. The molecule has 1 aliphatic carbocycles. The van der Waals surface area contributed by atoms with E-state index in [1.54, 1.807) is 0 Å². The zero-order valence-corrected chi connectivity index (χ0v) is 13.9. The van der Waals surface area contributed by atoms with E-state index in [1.165, 1.54) is 38.5 Å². The minimum Gasteiger partial charge on any atom is -0.346 e. The van der Waals surface area contributed by atoms with Crippen LogP contribution in [0.4, 0.5) is 0 Å². The average Bonchev–Trinajstić information content (AvgIpc) is 3.00. The molecule has 0 radical (unpaired) electrons. The van der Waals surface area contributed by atoms with E-state index in [9.17, 15) is 4.79 Å². The smallest absolute Gasteiger partial charge is 0.220 e. The first-order valence-electron chi connectivity index (χ1n) is 8.83. The molecular weight excluding hydrogens is 288 g/mol. The highest BCUT2D eigenvalue weighted by molar-refractivity contribution is 5.76.